The zero-order valence-electron chi connectivity index (χ0n) is 21.6. The van der Waals surface area contributed by atoms with Gasteiger partial charge in [-0.15, -0.1) is 11.3 Å². The fourth-order valence-corrected chi connectivity index (χ4v) is 7.38. The number of nitrogens with one attached hydrogen (secondary N) is 2. The van der Waals surface area contributed by atoms with Crippen LogP contribution in [0, 0.1) is 19.8 Å². The Kier molecular flexibility index (Phi) is 6.55. The number of pyridine rings is 1. The summed E-state index contributed by atoms with van der Waals surface area (Å²) in [6.45, 7) is 5.16. The van der Waals surface area contributed by atoms with Crippen molar-refractivity contribution in [2.45, 2.75) is 82.5 Å². The number of aromatic nitrogens is 4. The number of hydrogen-bond acceptors (Lipinski definition) is 10. The molecular weight excluding hydrogens is 488 g/mol. The van der Waals surface area contributed by atoms with Crippen LogP contribution in [-0.2, 0) is 4.74 Å². The molecule has 3 atom stereocenters. The van der Waals surface area contributed by atoms with E-state index in [9.17, 15) is 10.2 Å². The van der Waals surface area contributed by atoms with Gasteiger partial charge in [0.1, 0.15) is 21.9 Å². The summed E-state index contributed by atoms with van der Waals surface area (Å²) in [4.78, 5) is 19.0. The number of nitrogens with zero attached hydrogens (tertiary/aromatic N) is 4. The molecule has 10 heteroatoms. The molecule has 0 bridgehead atoms. The lowest BCUT2D eigenvalue weighted by molar-refractivity contribution is -0.00995. The Morgan fingerprint density at radius 2 is 1.92 bits per heavy atom. The molecule has 2 saturated carbocycles. The van der Waals surface area contributed by atoms with Gasteiger partial charge in [0.15, 0.2) is 0 Å². The lowest BCUT2D eigenvalue weighted by Crippen LogP contribution is -2.37. The summed E-state index contributed by atoms with van der Waals surface area (Å²) in [7, 11) is 0. The van der Waals surface area contributed by atoms with Crippen molar-refractivity contribution < 1.29 is 14.9 Å². The normalized spacial score (nSPS) is 27.2. The third kappa shape index (κ3) is 4.92. The van der Waals surface area contributed by atoms with Gasteiger partial charge in [0, 0.05) is 31.8 Å². The van der Waals surface area contributed by atoms with Crippen molar-refractivity contribution in [1.82, 2.24) is 19.9 Å². The van der Waals surface area contributed by atoms with Crippen molar-refractivity contribution in [2.75, 3.05) is 30.4 Å². The van der Waals surface area contributed by atoms with Gasteiger partial charge in [0.25, 0.3) is 0 Å². The van der Waals surface area contributed by atoms with Crippen molar-refractivity contribution in [1.29, 1.82) is 0 Å². The van der Waals surface area contributed by atoms with E-state index in [0.717, 1.165) is 82.9 Å². The highest BCUT2D eigenvalue weighted by molar-refractivity contribution is 7.21. The number of aryl methyl sites for hydroxylation is 2. The van der Waals surface area contributed by atoms with E-state index >= 15 is 0 Å². The van der Waals surface area contributed by atoms with Crippen LogP contribution < -0.4 is 10.6 Å². The molecule has 37 heavy (non-hydrogen) atoms. The fraction of sp³-hybridized carbons (Fsp3) is 0.630. The Labute approximate surface area is 221 Å². The van der Waals surface area contributed by atoms with Gasteiger partial charge in [-0.3, -0.25) is 4.98 Å². The summed E-state index contributed by atoms with van der Waals surface area (Å²) in [6.07, 6.45) is 9.45. The van der Waals surface area contributed by atoms with Crippen LogP contribution in [0.1, 0.15) is 62.8 Å². The monoisotopic (exact) mass is 524 g/mol. The summed E-state index contributed by atoms with van der Waals surface area (Å²) >= 11 is 1.62. The first-order valence-electron chi connectivity index (χ1n) is 13.5. The largest absolute Gasteiger partial charge is 0.390 e. The van der Waals surface area contributed by atoms with Crippen LogP contribution in [-0.4, -0.2) is 67.2 Å². The third-order valence-corrected chi connectivity index (χ3v) is 9.49. The maximum atomic E-state index is 11.2. The van der Waals surface area contributed by atoms with Gasteiger partial charge in [0.2, 0.25) is 5.95 Å². The minimum absolute atomic E-state index is 0.223. The standard InChI is InChI=1S/C27H36N6O3S/c1-16-21(24-32-22-17(2)28-11-7-20(22)37-24)23(33-25(30-16)29-14-26(34)10-12-36-15-26)31-19-6-5-18(13-19)27(35)8-3-4-9-27/h7,11,18-19,34-35H,3-6,8-10,12-15H2,1-2H3,(H2,29,30,31,33). The second-order valence-corrected chi connectivity index (χ2v) is 12.2. The quantitative estimate of drug-likeness (QED) is 0.359. The zero-order valence-corrected chi connectivity index (χ0v) is 22.4. The lowest BCUT2D eigenvalue weighted by Gasteiger charge is -2.29. The molecule has 2 aliphatic carbocycles. The number of fused-ring (bicyclic) bond motifs is 1. The van der Waals surface area contributed by atoms with E-state index in [1.54, 1.807) is 11.3 Å². The summed E-state index contributed by atoms with van der Waals surface area (Å²) in [5, 5.41) is 29.7. The number of anilines is 2. The predicted molar refractivity (Wildman–Crippen MR) is 145 cm³/mol. The third-order valence-electron chi connectivity index (χ3n) is 8.45. The number of thiazole rings is 1. The van der Waals surface area contributed by atoms with Gasteiger partial charge in [-0.2, -0.15) is 4.98 Å². The minimum Gasteiger partial charge on any atom is -0.390 e. The van der Waals surface area contributed by atoms with E-state index in [2.05, 4.69) is 15.6 Å². The highest BCUT2D eigenvalue weighted by atomic mass is 32.1. The molecule has 0 spiro atoms. The molecule has 3 aromatic rings. The summed E-state index contributed by atoms with van der Waals surface area (Å²) < 4.78 is 6.47. The SMILES string of the molecule is Cc1nc(NCC2(O)CCOC2)nc(NC2CCC(C3(O)CCCC3)C2)c1-c1nc2c(C)nccc2s1. The molecule has 1 saturated heterocycles. The van der Waals surface area contributed by atoms with E-state index in [1.807, 2.05) is 26.1 Å². The van der Waals surface area contributed by atoms with Gasteiger partial charge in [0.05, 0.1) is 33.9 Å². The minimum atomic E-state index is -0.906. The van der Waals surface area contributed by atoms with Gasteiger partial charge >= 0.3 is 0 Å². The summed E-state index contributed by atoms with van der Waals surface area (Å²) in [6, 6.07) is 2.22. The molecule has 3 fully saturated rings. The average Bonchev–Trinajstić information content (AvgIpc) is 3.66. The first-order chi connectivity index (χ1) is 17.8. The molecule has 3 unspecified atom stereocenters. The van der Waals surface area contributed by atoms with Crippen LogP contribution >= 0.6 is 11.3 Å². The Balaban J connectivity index is 1.31. The van der Waals surface area contributed by atoms with Crippen molar-refractivity contribution in [3.63, 3.8) is 0 Å². The molecule has 0 aromatic carbocycles. The van der Waals surface area contributed by atoms with Crippen LogP contribution in [0.25, 0.3) is 20.8 Å². The molecule has 9 nitrogen and oxygen atoms in total. The van der Waals surface area contributed by atoms with Crippen LogP contribution in [0.3, 0.4) is 0 Å². The maximum Gasteiger partial charge on any atom is 0.225 e. The molecular formula is C27H36N6O3S. The lowest BCUT2D eigenvalue weighted by atomic mass is 9.84. The topological polar surface area (TPSA) is 125 Å². The molecule has 6 rings (SSSR count). The predicted octanol–water partition coefficient (Wildman–Crippen LogP) is 4.21. The second-order valence-electron chi connectivity index (χ2n) is 11.2. The highest BCUT2D eigenvalue weighted by Gasteiger charge is 2.43. The van der Waals surface area contributed by atoms with Gasteiger partial charge < -0.3 is 25.6 Å². The van der Waals surface area contributed by atoms with Crippen LogP contribution in [0.4, 0.5) is 11.8 Å². The van der Waals surface area contributed by atoms with Gasteiger partial charge in [-0.25, -0.2) is 9.97 Å². The Bertz CT molecular complexity index is 1280. The number of ether oxygens (including phenoxy) is 1. The molecule has 4 heterocycles. The second kappa shape index (κ2) is 9.72. The maximum absolute atomic E-state index is 11.2. The van der Waals surface area contributed by atoms with Crippen LogP contribution in [0.5, 0.6) is 0 Å². The molecule has 3 aliphatic rings. The molecule has 4 N–H and O–H groups in total. The molecule has 0 amide bonds. The Hall–Kier alpha value is -2.40. The molecule has 198 valence electrons. The number of rotatable bonds is 7. The smallest absolute Gasteiger partial charge is 0.225 e. The highest BCUT2D eigenvalue weighted by Crippen LogP contribution is 2.45. The summed E-state index contributed by atoms with van der Waals surface area (Å²) in [5.74, 6) is 1.55. The fourth-order valence-electron chi connectivity index (χ4n) is 6.27. The van der Waals surface area contributed by atoms with Crippen LogP contribution in [0.2, 0.25) is 0 Å². The average molecular weight is 525 g/mol. The van der Waals surface area contributed by atoms with Crippen molar-refractivity contribution in [3.05, 3.63) is 23.7 Å². The van der Waals surface area contributed by atoms with E-state index in [-0.39, 0.29) is 6.04 Å². The van der Waals surface area contributed by atoms with Crippen molar-refractivity contribution >= 4 is 33.3 Å². The van der Waals surface area contributed by atoms with E-state index in [0.29, 0.717) is 38.0 Å². The van der Waals surface area contributed by atoms with E-state index in [4.69, 9.17) is 19.7 Å². The zero-order chi connectivity index (χ0) is 25.6. The van der Waals surface area contributed by atoms with Gasteiger partial charge in [-0.1, -0.05) is 12.8 Å². The first kappa shape index (κ1) is 24.9. The van der Waals surface area contributed by atoms with E-state index in [1.165, 1.54) is 0 Å². The molecule has 0 radical (unpaired) electrons. The van der Waals surface area contributed by atoms with Gasteiger partial charge in [-0.05, 0) is 57.9 Å². The Morgan fingerprint density at radius 3 is 2.68 bits per heavy atom. The number of hydrogen-bond donors (Lipinski definition) is 4. The molecule has 1 aliphatic heterocycles. The van der Waals surface area contributed by atoms with Crippen molar-refractivity contribution in [2.24, 2.45) is 5.92 Å². The molecule has 3 aromatic heterocycles. The Morgan fingerprint density at radius 1 is 1.08 bits per heavy atom. The first-order valence-corrected chi connectivity index (χ1v) is 14.3. The summed E-state index contributed by atoms with van der Waals surface area (Å²) in [5.41, 5.74) is 2.12. The van der Waals surface area contributed by atoms with Crippen molar-refractivity contribution in [3.8, 4) is 10.6 Å². The van der Waals surface area contributed by atoms with Crippen LogP contribution in [0.15, 0.2) is 12.3 Å². The number of aliphatic hydroxyl groups is 2. The van der Waals surface area contributed by atoms with E-state index < -0.39 is 11.2 Å².